The normalized spacial score (nSPS) is 13.9. The Morgan fingerprint density at radius 3 is 2.63 bits per heavy atom. The first-order valence-corrected chi connectivity index (χ1v) is 7.60. The molecule has 1 aliphatic carbocycles. The van der Waals surface area contributed by atoms with Crippen molar-refractivity contribution in [2.75, 3.05) is 5.32 Å². The van der Waals surface area contributed by atoms with Gasteiger partial charge in [0.15, 0.2) is 0 Å². The highest BCUT2D eigenvalue weighted by Crippen LogP contribution is 2.33. The first kappa shape index (κ1) is 12.7. The number of benzene rings is 1. The summed E-state index contributed by atoms with van der Waals surface area (Å²) in [6.07, 6.45) is 4.81. The topological polar surface area (TPSA) is 29.1 Å². The van der Waals surface area contributed by atoms with Crippen LogP contribution < -0.4 is 5.32 Å². The zero-order valence-corrected chi connectivity index (χ0v) is 12.0. The lowest BCUT2D eigenvalue weighted by Crippen LogP contribution is -2.10. The molecule has 1 aliphatic rings. The van der Waals surface area contributed by atoms with Crippen LogP contribution in [-0.4, -0.2) is 5.91 Å². The van der Waals surface area contributed by atoms with Crippen molar-refractivity contribution >= 4 is 33.8 Å². The quantitative estimate of drug-likeness (QED) is 0.865. The van der Waals surface area contributed by atoms with Gasteiger partial charge in [-0.2, -0.15) is 0 Å². The third-order valence-electron chi connectivity index (χ3n) is 3.34. The smallest absolute Gasteiger partial charge is 0.256 e. The maximum Gasteiger partial charge on any atom is 0.256 e. The molecule has 1 heterocycles. The molecule has 0 unspecified atom stereocenters. The Kier molecular flexibility index (Phi) is 3.58. The van der Waals surface area contributed by atoms with Crippen LogP contribution in [0.2, 0.25) is 5.02 Å². The van der Waals surface area contributed by atoms with E-state index < -0.39 is 0 Å². The third-order valence-corrected chi connectivity index (χ3v) is 4.74. The molecule has 1 N–H and O–H groups in total. The van der Waals surface area contributed by atoms with Crippen molar-refractivity contribution in [3.63, 3.8) is 0 Å². The number of fused-ring (bicyclic) bond motifs is 1. The minimum Gasteiger partial charge on any atom is -0.314 e. The molecule has 2 nitrogen and oxygen atoms in total. The summed E-state index contributed by atoms with van der Waals surface area (Å²) in [7, 11) is 0. The second-order valence-electron chi connectivity index (χ2n) is 4.73. The van der Waals surface area contributed by atoms with Crippen molar-refractivity contribution in [1.29, 1.82) is 0 Å². The van der Waals surface area contributed by atoms with Gasteiger partial charge in [-0.3, -0.25) is 4.79 Å². The molecule has 0 fully saturated rings. The highest BCUT2D eigenvalue weighted by atomic mass is 35.5. The number of carbonyl (C=O) groups is 1. The van der Waals surface area contributed by atoms with E-state index in [1.807, 2.05) is 0 Å². The van der Waals surface area contributed by atoms with E-state index in [-0.39, 0.29) is 5.91 Å². The van der Waals surface area contributed by atoms with Crippen LogP contribution in [0.5, 0.6) is 0 Å². The van der Waals surface area contributed by atoms with Crippen molar-refractivity contribution < 1.29 is 4.79 Å². The van der Waals surface area contributed by atoms with Crippen LogP contribution in [0.3, 0.4) is 0 Å². The SMILES string of the molecule is O=C(Nc1cc2c(s1)CCCC2)c1ccc(Cl)cc1. The van der Waals surface area contributed by atoms with Gasteiger partial charge in [0, 0.05) is 15.5 Å². The molecule has 19 heavy (non-hydrogen) atoms. The van der Waals surface area contributed by atoms with E-state index in [1.54, 1.807) is 35.6 Å². The average Bonchev–Trinajstić information content (AvgIpc) is 2.81. The predicted molar refractivity (Wildman–Crippen MR) is 80.4 cm³/mol. The highest BCUT2D eigenvalue weighted by Gasteiger charge is 2.15. The maximum absolute atomic E-state index is 12.1. The second-order valence-corrected chi connectivity index (χ2v) is 6.30. The molecular formula is C15H14ClNOS. The maximum atomic E-state index is 12.1. The number of nitrogens with one attached hydrogen (secondary N) is 1. The van der Waals surface area contributed by atoms with Crippen LogP contribution in [-0.2, 0) is 12.8 Å². The van der Waals surface area contributed by atoms with Crippen LogP contribution >= 0.6 is 22.9 Å². The predicted octanol–water partition coefficient (Wildman–Crippen LogP) is 4.53. The molecule has 0 saturated heterocycles. The summed E-state index contributed by atoms with van der Waals surface area (Å²) in [5.74, 6) is -0.0738. The molecule has 4 heteroatoms. The Morgan fingerprint density at radius 2 is 1.89 bits per heavy atom. The van der Waals surface area contributed by atoms with Gasteiger partial charge in [0.2, 0.25) is 0 Å². The molecule has 2 aromatic rings. The lowest BCUT2D eigenvalue weighted by atomic mass is 10.00. The fourth-order valence-corrected chi connectivity index (χ4v) is 3.61. The van der Waals surface area contributed by atoms with Crippen LogP contribution in [0.15, 0.2) is 30.3 Å². The highest BCUT2D eigenvalue weighted by molar-refractivity contribution is 7.16. The zero-order chi connectivity index (χ0) is 13.2. The number of thiophene rings is 1. The number of aryl methyl sites for hydroxylation is 2. The summed E-state index contributed by atoms with van der Waals surface area (Å²) in [5.41, 5.74) is 2.04. The number of amides is 1. The Hall–Kier alpha value is -1.32. The molecule has 1 aromatic carbocycles. The summed E-state index contributed by atoms with van der Waals surface area (Å²) < 4.78 is 0. The van der Waals surface area contributed by atoms with Gasteiger partial charge >= 0.3 is 0 Å². The van der Waals surface area contributed by atoms with Gasteiger partial charge in [-0.1, -0.05) is 11.6 Å². The molecule has 0 aliphatic heterocycles. The van der Waals surface area contributed by atoms with Crippen molar-refractivity contribution in [2.45, 2.75) is 25.7 Å². The van der Waals surface area contributed by atoms with Crippen molar-refractivity contribution in [1.82, 2.24) is 0 Å². The molecule has 0 atom stereocenters. The molecule has 0 spiro atoms. The van der Waals surface area contributed by atoms with Gasteiger partial charge in [-0.25, -0.2) is 0 Å². The Morgan fingerprint density at radius 1 is 1.16 bits per heavy atom. The largest absolute Gasteiger partial charge is 0.314 e. The summed E-state index contributed by atoms with van der Waals surface area (Å²) in [6, 6.07) is 9.06. The van der Waals surface area contributed by atoms with E-state index in [1.165, 1.54) is 23.3 Å². The fourth-order valence-electron chi connectivity index (χ4n) is 2.34. The lowest BCUT2D eigenvalue weighted by Gasteiger charge is -2.08. The van der Waals surface area contributed by atoms with E-state index in [4.69, 9.17) is 11.6 Å². The van der Waals surface area contributed by atoms with E-state index in [2.05, 4.69) is 11.4 Å². The Labute approximate surface area is 121 Å². The summed E-state index contributed by atoms with van der Waals surface area (Å²) in [5, 5.41) is 4.56. The number of rotatable bonds is 2. The van der Waals surface area contributed by atoms with E-state index >= 15 is 0 Å². The van der Waals surface area contributed by atoms with E-state index in [9.17, 15) is 4.79 Å². The number of carbonyl (C=O) groups excluding carboxylic acids is 1. The minimum absolute atomic E-state index is 0.0738. The minimum atomic E-state index is -0.0738. The Bertz CT molecular complexity index is 580. The molecule has 0 radical (unpaired) electrons. The Balaban J connectivity index is 1.75. The van der Waals surface area contributed by atoms with Crippen LogP contribution in [0.1, 0.15) is 33.6 Å². The van der Waals surface area contributed by atoms with E-state index in [0.717, 1.165) is 17.8 Å². The molecule has 1 amide bonds. The third kappa shape index (κ3) is 2.82. The summed E-state index contributed by atoms with van der Waals surface area (Å²) in [6.45, 7) is 0. The zero-order valence-electron chi connectivity index (χ0n) is 10.4. The summed E-state index contributed by atoms with van der Waals surface area (Å²) >= 11 is 7.52. The van der Waals surface area contributed by atoms with Crippen molar-refractivity contribution in [3.8, 4) is 0 Å². The summed E-state index contributed by atoms with van der Waals surface area (Å²) in [4.78, 5) is 13.5. The van der Waals surface area contributed by atoms with E-state index in [0.29, 0.717) is 10.6 Å². The van der Waals surface area contributed by atoms with Gasteiger partial charge in [-0.15, -0.1) is 11.3 Å². The number of halogens is 1. The van der Waals surface area contributed by atoms with Gasteiger partial charge in [0.1, 0.15) is 0 Å². The molecule has 1 aromatic heterocycles. The molecule has 3 rings (SSSR count). The van der Waals surface area contributed by atoms with Gasteiger partial charge < -0.3 is 5.32 Å². The van der Waals surface area contributed by atoms with Crippen LogP contribution in [0, 0.1) is 0 Å². The lowest BCUT2D eigenvalue weighted by molar-refractivity contribution is 0.102. The van der Waals surface area contributed by atoms with Gasteiger partial charge in [0.25, 0.3) is 5.91 Å². The number of hydrogen-bond acceptors (Lipinski definition) is 2. The van der Waals surface area contributed by atoms with Crippen LogP contribution in [0.25, 0.3) is 0 Å². The second kappa shape index (κ2) is 5.35. The number of anilines is 1. The first-order valence-electron chi connectivity index (χ1n) is 6.41. The first-order chi connectivity index (χ1) is 9.22. The van der Waals surface area contributed by atoms with Crippen LogP contribution in [0.4, 0.5) is 5.00 Å². The van der Waals surface area contributed by atoms with Crippen molar-refractivity contribution in [2.24, 2.45) is 0 Å². The number of hydrogen-bond donors (Lipinski definition) is 1. The monoisotopic (exact) mass is 291 g/mol. The standard InChI is InChI=1S/C15H14ClNOS/c16-12-7-5-10(6-8-12)15(18)17-14-9-11-3-1-2-4-13(11)19-14/h5-9H,1-4H2,(H,17,18). The molecular weight excluding hydrogens is 278 g/mol. The van der Waals surface area contributed by atoms with Gasteiger partial charge in [-0.05, 0) is 61.6 Å². The fraction of sp³-hybridized carbons (Fsp3) is 0.267. The van der Waals surface area contributed by atoms with Crippen molar-refractivity contribution in [3.05, 3.63) is 51.4 Å². The van der Waals surface area contributed by atoms with Gasteiger partial charge in [0.05, 0.1) is 5.00 Å². The molecule has 0 bridgehead atoms. The molecule has 0 saturated carbocycles. The average molecular weight is 292 g/mol. The molecule has 98 valence electrons.